The molecule has 0 amide bonds. The second kappa shape index (κ2) is 2.59. The second-order valence-corrected chi connectivity index (χ2v) is 3.94. The zero-order valence-corrected chi connectivity index (χ0v) is 7.54. The molecule has 0 fully saturated rings. The van der Waals surface area contributed by atoms with Gasteiger partial charge in [-0.1, -0.05) is 23.2 Å². The van der Waals surface area contributed by atoms with Gasteiger partial charge >= 0.3 is 0 Å². The minimum Gasteiger partial charge on any atom is -0.243 e. The molecule has 0 saturated carbocycles. The molecule has 2 aromatic rings. The van der Waals surface area contributed by atoms with Gasteiger partial charge in [0.05, 0.1) is 10.2 Å². The predicted octanol–water partition coefficient (Wildman–Crippen LogP) is 3.00. The first kappa shape index (κ1) is 7.28. The van der Waals surface area contributed by atoms with E-state index >= 15 is 0 Å². The van der Waals surface area contributed by atoms with Crippen LogP contribution >= 0.6 is 34.5 Å². The zero-order valence-electron chi connectivity index (χ0n) is 5.21. The van der Waals surface area contributed by atoms with Crippen LogP contribution in [0.5, 0.6) is 0 Å². The van der Waals surface area contributed by atoms with E-state index in [1.54, 1.807) is 12.3 Å². The maximum Gasteiger partial charge on any atom is 0.184 e. The van der Waals surface area contributed by atoms with Crippen LogP contribution in [0, 0.1) is 0 Å². The summed E-state index contributed by atoms with van der Waals surface area (Å²) in [6.07, 6.45) is 1.67. The average Bonchev–Trinajstić information content (AvgIpc) is 2.27. The summed E-state index contributed by atoms with van der Waals surface area (Å²) in [5.41, 5.74) is 0.806. The van der Waals surface area contributed by atoms with E-state index in [-0.39, 0.29) is 0 Å². The molecular weight excluding hydrogens is 203 g/mol. The van der Waals surface area contributed by atoms with Gasteiger partial charge in [-0.05, 0) is 0 Å². The third kappa shape index (κ3) is 1.31. The van der Waals surface area contributed by atoms with E-state index in [1.165, 1.54) is 11.3 Å². The van der Waals surface area contributed by atoms with E-state index in [2.05, 4.69) is 9.97 Å². The number of thiazole rings is 1. The van der Waals surface area contributed by atoms with E-state index in [9.17, 15) is 0 Å². The molecule has 2 nitrogen and oxygen atoms in total. The SMILES string of the molecule is Clc1cc2nc(Cl)sc2cn1. The van der Waals surface area contributed by atoms with Gasteiger partial charge in [0.2, 0.25) is 0 Å². The summed E-state index contributed by atoms with van der Waals surface area (Å²) >= 11 is 12.7. The van der Waals surface area contributed by atoms with Gasteiger partial charge in [-0.15, -0.1) is 11.3 Å². The van der Waals surface area contributed by atoms with Crippen LogP contribution in [0.2, 0.25) is 9.62 Å². The first-order valence-corrected chi connectivity index (χ1v) is 4.40. The lowest BCUT2D eigenvalue weighted by atomic mass is 10.4. The van der Waals surface area contributed by atoms with Crippen LogP contribution in [0.3, 0.4) is 0 Å². The standard InChI is InChI=1S/C6H2Cl2N2S/c7-5-1-3-4(2-9-5)11-6(8)10-3/h1-2H. The quantitative estimate of drug-likeness (QED) is 0.617. The van der Waals surface area contributed by atoms with Crippen LogP contribution in [0.1, 0.15) is 0 Å². The predicted molar refractivity (Wildman–Crippen MR) is 47.4 cm³/mol. The highest BCUT2D eigenvalue weighted by atomic mass is 35.5. The molecule has 0 radical (unpaired) electrons. The van der Waals surface area contributed by atoms with Crippen LogP contribution in [0.25, 0.3) is 10.2 Å². The number of halogens is 2. The number of rotatable bonds is 0. The van der Waals surface area contributed by atoms with Gasteiger partial charge in [0.1, 0.15) is 5.15 Å². The largest absolute Gasteiger partial charge is 0.243 e. The van der Waals surface area contributed by atoms with Gasteiger partial charge in [0.25, 0.3) is 0 Å². The molecule has 0 atom stereocenters. The first-order chi connectivity index (χ1) is 5.25. The maximum atomic E-state index is 5.67. The summed E-state index contributed by atoms with van der Waals surface area (Å²) in [7, 11) is 0. The van der Waals surface area contributed by atoms with Crippen LogP contribution in [-0.4, -0.2) is 9.97 Å². The monoisotopic (exact) mass is 204 g/mol. The van der Waals surface area contributed by atoms with Crippen molar-refractivity contribution in [2.45, 2.75) is 0 Å². The molecule has 2 rings (SSSR count). The summed E-state index contributed by atoms with van der Waals surface area (Å²) in [5.74, 6) is 0. The second-order valence-electron chi connectivity index (χ2n) is 1.94. The lowest BCUT2D eigenvalue weighted by Gasteiger charge is -1.85. The van der Waals surface area contributed by atoms with Crippen molar-refractivity contribution in [1.29, 1.82) is 0 Å². The highest BCUT2D eigenvalue weighted by molar-refractivity contribution is 7.22. The van der Waals surface area contributed by atoms with Crippen LogP contribution in [-0.2, 0) is 0 Å². The molecule has 0 spiro atoms. The Balaban J connectivity index is 2.82. The zero-order chi connectivity index (χ0) is 7.84. The van der Waals surface area contributed by atoms with Crippen molar-refractivity contribution in [2.24, 2.45) is 0 Å². The first-order valence-electron chi connectivity index (χ1n) is 2.83. The number of nitrogens with zero attached hydrogens (tertiary/aromatic N) is 2. The molecule has 0 unspecified atom stereocenters. The minimum absolute atomic E-state index is 0.444. The minimum atomic E-state index is 0.444. The Bertz CT molecular complexity index is 398. The Labute approximate surface area is 76.8 Å². The van der Waals surface area contributed by atoms with Crippen molar-refractivity contribution in [3.05, 3.63) is 21.9 Å². The number of hydrogen-bond donors (Lipinski definition) is 0. The summed E-state index contributed by atoms with van der Waals surface area (Å²) < 4.78 is 1.48. The van der Waals surface area contributed by atoms with Gasteiger partial charge in [-0.25, -0.2) is 9.97 Å². The highest BCUT2D eigenvalue weighted by Crippen LogP contribution is 2.25. The van der Waals surface area contributed by atoms with Crippen LogP contribution < -0.4 is 0 Å². The molecule has 0 saturated heterocycles. The molecule has 5 heteroatoms. The number of pyridine rings is 1. The normalized spacial score (nSPS) is 10.7. The Morgan fingerprint density at radius 1 is 1.36 bits per heavy atom. The summed E-state index contributed by atoms with van der Waals surface area (Å²) in [5, 5.41) is 0.444. The molecule has 56 valence electrons. The Morgan fingerprint density at radius 3 is 3.00 bits per heavy atom. The number of hydrogen-bond acceptors (Lipinski definition) is 3. The van der Waals surface area contributed by atoms with Crippen molar-refractivity contribution >= 4 is 44.8 Å². The van der Waals surface area contributed by atoms with Crippen molar-refractivity contribution < 1.29 is 0 Å². The third-order valence-corrected chi connectivity index (χ3v) is 2.53. The molecule has 0 aliphatic heterocycles. The lowest BCUT2D eigenvalue weighted by Crippen LogP contribution is -1.72. The van der Waals surface area contributed by atoms with Crippen molar-refractivity contribution in [3.63, 3.8) is 0 Å². The highest BCUT2D eigenvalue weighted by Gasteiger charge is 2.01. The Kier molecular flexibility index (Phi) is 1.71. The molecule has 11 heavy (non-hydrogen) atoms. The third-order valence-electron chi connectivity index (χ3n) is 1.22. The van der Waals surface area contributed by atoms with Gasteiger partial charge in [-0.3, -0.25) is 0 Å². The van der Waals surface area contributed by atoms with Crippen LogP contribution in [0.4, 0.5) is 0 Å². The van der Waals surface area contributed by atoms with Crippen molar-refractivity contribution in [1.82, 2.24) is 9.97 Å². The average molecular weight is 205 g/mol. The number of aromatic nitrogens is 2. The smallest absolute Gasteiger partial charge is 0.184 e. The molecule has 0 N–H and O–H groups in total. The van der Waals surface area contributed by atoms with Gasteiger partial charge < -0.3 is 0 Å². The molecular formula is C6H2Cl2N2S. The lowest BCUT2D eigenvalue weighted by molar-refractivity contribution is 1.35. The molecule has 0 aliphatic carbocycles. The van der Waals surface area contributed by atoms with Gasteiger partial charge in [0, 0.05) is 12.3 Å². The molecule has 0 aromatic carbocycles. The molecule has 0 aliphatic rings. The van der Waals surface area contributed by atoms with Crippen molar-refractivity contribution in [3.8, 4) is 0 Å². The molecule has 2 aromatic heterocycles. The Morgan fingerprint density at radius 2 is 2.18 bits per heavy atom. The van der Waals surface area contributed by atoms with E-state index in [0.717, 1.165) is 10.2 Å². The van der Waals surface area contributed by atoms with Gasteiger partial charge in [-0.2, -0.15) is 0 Å². The van der Waals surface area contributed by atoms with E-state index < -0.39 is 0 Å². The molecule has 0 bridgehead atoms. The van der Waals surface area contributed by atoms with Gasteiger partial charge in [0.15, 0.2) is 4.47 Å². The van der Waals surface area contributed by atoms with E-state index in [1.807, 2.05) is 0 Å². The van der Waals surface area contributed by atoms with E-state index in [0.29, 0.717) is 9.62 Å². The summed E-state index contributed by atoms with van der Waals surface area (Å²) in [6, 6.07) is 1.69. The Hall–Kier alpha value is -0.380. The van der Waals surface area contributed by atoms with E-state index in [4.69, 9.17) is 23.2 Å². The number of fused-ring (bicyclic) bond motifs is 1. The fourth-order valence-electron chi connectivity index (χ4n) is 0.782. The fraction of sp³-hybridized carbons (Fsp3) is 0. The molecule has 2 heterocycles. The maximum absolute atomic E-state index is 5.67. The topological polar surface area (TPSA) is 25.8 Å². The summed E-state index contributed by atoms with van der Waals surface area (Å²) in [6.45, 7) is 0. The van der Waals surface area contributed by atoms with Crippen molar-refractivity contribution in [2.75, 3.05) is 0 Å². The summed E-state index contributed by atoms with van der Waals surface area (Å²) in [4.78, 5) is 7.93. The fourth-order valence-corrected chi connectivity index (χ4v) is 1.91. The van der Waals surface area contributed by atoms with Crippen LogP contribution in [0.15, 0.2) is 12.3 Å².